The van der Waals surface area contributed by atoms with Gasteiger partial charge >= 0.3 is 5.97 Å². The van der Waals surface area contributed by atoms with E-state index in [-0.39, 0.29) is 0 Å². The molecule has 126 valence electrons. The van der Waals surface area contributed by atoms with E-state index < -0.39 is 5.97 Å². The number of furan rings is 1. The Kier molecular flexibility index (Phi) is 3.42. The Hall–Kier alpha value is -3.35. The van der Waals surface area contributed by atoms with Crippen LogP contribution < -0.4 is 4.74 Å². The molecule has 0 saturated heterocycles. The number of nitrogens with zero attached hydrogens (tertiary/aromatic N) is 3. The molecule has 0 fully saturated rings. The van der Waals surface area contributed by atoms with Gasteiger partial charge in [0.05, 0.1) is 31.7 Å². The van der Waals surface area contributed by atoms with Gasteiger partial charge in [0.1, 0.15) is 17.0 Å². The fourth-order valence-electron chi connectivity index (χ4n) is 2.73. The molecular formula is C18H15N3O4. The first-order valence-electron chi connectivity index (χ1n) is 7.62. The molecule has 0 spiro atoms. The van der Waals surface area contributed by atoms with Gasteiger partial charge in [0.15, 0.2) is 11.4 Å². The van der Waals surface area contributed by atoms with E-state index >= 15 is 0 Å². The van der Waals surface area contributed by atoms with Crippen molar-refractivity contribution < 1.29 is 18.7 Å². The Morgan fingerprint density at radius 1 is 1.20 bits per heavy atom. The van der Waals surface area contributed by atoms with Gasteiger partial charge in [-0.25, -0.2) is 14.3 Å². The van der Waals surface area contributed by atoms with E-state index in [0.717, 1.165) is 5.69 Å². The van der Waals surface area contributed by atoms with E-state index in [1.807, 2.05) is 19.1 Å². The van der Waals surface area contributed by atoms with E-state index in [9.17, 15) is 4.79 Å². The molecular weight excluding hydrogens is 322 g/mol. The number of aryl methyl sites for hydroxylation is 1. The van der Waals surface area contributed by atoms with Gasteiger partial charge in [0.2, 0.25) is 0 Å². The van der Waals surface area contributed by atoms with Crippen molar-refractivity contribution in [3.8, 4) is 17.2 Å². The van der Waals surface area contributed by atoms with Gasteiger partial charge in [0, 0.05) is 11.5 Å². The highest BCUT2D eigenvalue weighted by Crippen LogP contribution is 2.33. The van der Waals surface area contributed by atoms with Crippen LogP contribution in [0.3, 0.4) is 0 Å². The SMILES string of the molecule is COC(=O)c1cc(OC)cc2oc(-c3cn4nc(C)ccc4n3)cc12. The Bertz CT molecular complexity index is 1110. The lowest BCUT2D eigenvalue weighted by molar-refractivity contribution is 0.0602. The quantitative estimate of drug-likeness (QED) is 0.534. The monoisotopic (exact) mass is 337 g/mol. The lowest BCUT2D eigenvalue weighted by Crippen LogP contribution is -2.02. The van der Waals surface area contributed by atoms with Gasteiger partial charge in [-0.15, -0.1) is 0 Å². The number of hydrogen-bond donors (Lipinski definition) is 0. The maximum atomic E-state index is 12.1. The van der Waals surface area contributed by atoms with E-state index in [1.54, 1.807) is 28.9 Å². The average molecular weight is 337 g/mol. The number of methoxy groups -OCH3 is 2. The summed E-state index contributed by atoms with van der Waals surface area (Å²) in [7, 11) is 2.87. The molecule has 1 aromatic carbocycles. The van der Waals surface area contributed by atoms with Crippen LogP contribution in [0.4, 0.5) is 0 Å². The summed E-state index contributed by atoms with van der Waals surface area (Å²) in [6, 6.07) is 8.91. The highest BCUT2D eigenvalue weighted by molar-refractivity contribution is 6.05. The molecule has 0 atom stereocenters. The molecule has 4 aromatic rings. The third-order valence-electron chi connectivity index (χ3n) is 3.96. The predicted octanol–water partition coefficient (Wildman–Crippen LogP) is 3.25. The minimum Gasteiger partial charge on any atom is -0.497 e. The van der Waals surface area contributed by atoms with Crippen LogP contribution in [0.25, 0.3) is 28.1 Å². The minimum absolute atomic E-state index is 0.379. The number of carbonyl (C=O) groups excluding carboxylic acids is 1. The first-order chi connectivity index (χ1) is 12.1. The highest BCUT2D eigenvalue weighted by Gasteiger charge is 2.18. The summed E-state index contributed by atoms with van der Waals surface area (Å²) in [5.74, 6) is 0.598. The van der Waals surface area contributed by atoms with Crippen LogP contribution in [0.1, 0.15) is 16.1 Å². The van der Waals surface area contributed by atoms with Crippen molar-refractivity contribution in [2.75, 3.05) is 14.2 Å². The van der Waals surface area contributed by atoms with Crippen LogP contribution in [0.5, 0.6) is 5.75 Å². The smallest absolute Gasteiger partial charge is 0.338 e. The Labute approximate surface area is 142 Å². The van der Waals surface area contributed by atoms with E-state index in [2.05, 4.69) is 10.1 Å². The molecule has 0 aliphatic carbocycles. The summed E-state index contributed by atoms with van der Waals surface area (Å²) in [5, 5.41) is 5.02. The lowest BCUT2D eigenvalue weighted by Gasteiger charge is -2.04. The first kappa shape index (κ1) is 15.2. The number of carbonyl (C=O) groups is 1. The summed E-state index contributed by atoms with van der Waals surface area (Å²) in [6.45, 7) is 1.91. The van der Waals surface area contributed by atoms with Crippen LogP contribution in [-0.2, 0) is 4.74 Å². The molecule has 0 amide bonds. The maximum Gasteiger partial charge on any atom is 0.338 e. The number of ether oxygens (including phenoxy) is 2. The molecule has 0 saturated carbocycles. The average Bonchev–Trinajstić information content (AvgIpc) is 3.23. The third kappa shape index (κ3) is 2.50. The number of rotatable bonds is 3. The second-order valence-electron chi connectivity index (χ2n) is 5.59. The summed E-state index contributed by atoms with van der Waals surface area (Å²) in [5.41, 5.74) is 3.13. The summed E-state index contributed by atoms with van der Waals surface area (Å²) >= 11 is 0. The van der Waals surface area contributed by atoms with E-state index in [1.165, 1.54) is 14.2 Å². The van der Waals surface area contributed by atoms with Crippen molar-refractivity contribution in [2.24, 2.45) is 0 Å². The highest BCUT2D eigenvalue weighted by atomic mass is 16.5. The standard InChI is InChI=1S/C18H15N3O4/c1-10-4-5-17-19-14(9-21(17)20-10)16-8-12-13(18(22)24-3)6-11(23-2)7-15(12)25-16/h4-9H,1-3H3. The predicted molar refractivity (Wildman–Crippen MR) is 90.8 cm³/mol. The van der Waals surface area contributed by atoms with Gasteiger partial charge < -0.3 is 13.9 Å². The molecule has 0 radical (unpaired) electrons. The molecule has 3 heterocycles. The van der Waals surface area contributed by atoms with Crippen molar-refractivity contribution in [2.45, 2.75) is 6.92 Å². The Morgan fingerprint density at radius 2 is 2.04 bits per heavy atom. The number of fused-ring (bicyclic) bond motifs is 2. The molecule has 3 aromatic heterocycles. The van der Waals surface area contributed by atoms with Gasteiger partial charge in [-0.2, -0.15) is 5.10 Å². The number of aromatic nitrogens is 3. The molecule has 0 aliphatic heterocycles. The van der Waals surface area contributed by atoms with Crippen LogP contribution in [-0.4, -0.2) is 34.8 Å². The molecule has 0 unspecified atom stereocenters. The van der Waals surface area contributed by atoms with Crippen molar-refractivity contribution in [3.05, 3.63) is 47.8 Å². The number of hydrogen-bond acceptors (Lipinski definition) is 6. The van der Waals surface area contributed by atoms with Crippen LogP contribution in [0, 0.1) is 6.92 Å². The lowest BCUT2D eigenvalue weighted by atomic mass is 10.1. The Balaban J connectivity index is 1.91. The third-order valence-corrected chi connectivity index (χ3v) is 3.96. The van der Waals surface area contributed by atoms with Crippen molar-refractivity contribution >= 4 is 22.6 Å². The van der Waals surface area contributed by atoms with Crippen molar-refractivity contribution in [3.63, 3.8) is 0 Å². The second kappa shape index (κ2) is 5.62. The van der Waals surface area contributed by atoms with Crippen LogP contribution in [0.15, 0.2) is 40.9 Å². The fourth-order valence-corrected chi connectivity index (χ4v) is 2.73. The molecule has 0 N–H and O–H groups in total. The van der Waals surface area contributed by atoms with Gasteiger partial charge in [-0.3, -0.25) is 0 Å². The first-order valence-corrected chi connectivity index (χ1v) is 7.62. The van der Waals surface area contributed by atoms with Crippen molar-refractivity contribution in [1.29, 1.82) is 0 Å². The largest absolute Gasteiger partial charge is 0.497 e. The molecule has 4 rings (SSSR count). The normalized spacial score (nSPS) is 11.2. The van der Waals surface area contributed by atoms with Crippen molar-refractivity contribution in [1.82, 2.24) is 14.6 Å². The molecule has 25 heavy (non-hydrogen) atoms. The van der Waals surface area contributed by atoms with Gasteiger partial charge in [-0.05, 0) is 31.2 Å². The fraction of sp³-hybridized carbons (Fsp3) is 0.167. The maximum absolute atomic E-state index is 12.1. The van der Waals surface area contributed by atoms with E-state index in [0.29, 0.717) is 39.4 Å². The molecule has 7 nitrogen and oxygen atoms in total. The Morgan fingerprint density at radius 3 is 2.80 bits per heavy atom. The zero-order chi connectivity index (χ0) is 17.6. The molecule has 7 heteroatoms. The van der Waals surface area contributed by atoms with Crippen LogP contribution in [0.2, 0.25) is 0 Å². The minimum atomic E-state index is -0.455. The number of imidazole rings is 1. The molecule has 0 aliphatic rings. The summed E-state index contributed by atoms with van der Waals surface area (Å²) in [4.78, 5) is 16.6. The summed E-state index contributed by atoms with van der Waals surface area (Å²) < 4.78 is 17.7. The van der Waals surface area contributed by atoms with Gasteiger partial charge in [-0.1, -0.05) is 0 Å². The number of benzene rings is 1. The molecule has 0 bridgehead atoms. The zero-order valence-corrected chi connectivity index (χ0v) is 13.9. The van der Waals surface area contributed by atoms with E-state index in [4.69, 9.17) is 13.9 Å². The van der Waals surface area contributed by atoms with Gasteiger partial charge in [0.25, 0.3) is 0 Å². The summed E-state index contributed by atoms with van der Waals surface area (Å²) in [6.07, 6.45) is 1.79. The number of esters is 1. The second-order valence-corrected chi connectivity index (χ2v) is 5.59. The topological polar surface area (TPSA) is 78.9 Å². The van der Waals surface area contributed by atoms with Crippen LogP contribution >= 0.6 is 0 Å². The zero-order valence-electron chi connectivity index (χ0n) is 13.9.